The quantitative estimate of drug-likeness (QED) is 0.904. The molecule has 0 saturated carbocycles. The van der Waals surface area contributed by atoms with Crippen molar-refractivity contribution in [1.29, 1.82) is 0 Å². The molecule has 3 heterocycles. The third-order valence-corrected chi connectivity index (χ3v) is 5.03. The van der Waals surface area contributed by atoms with Gasteiger partial charge >= 0.3 is 0 Å². The van der Waals surface area contributed by atoms with E-state index in [1.165, 1.54) is 0 Å². The maximum atomic E-state index is 12.7. The summed E-state index contributed by atoms with van der Waals surface area (Å²) in [7, 11) is 1.92. The highest BCUT2D eigenvalue weighted by molar-refractivity contribution is 5.92. The number of hydrogen-bond donors (Lipinski definition) is 1. The topological polar surface area (TPSA) is 50.2 Å². The second kappa shape index (κ2) is 7.01. The third-order valence-electron chi connectivity index (χ3n) is 5.03. The summed E-state index contributed by atoms with van der Waals surface area (Å²) in [4.78, 5) is 14.7. The zero-order chi connectivity index (χ0) is 15.0. The second-order valence-electron chi connectivity index (χ2n) is 6.78. The van der Waals surface area contributed by atoms with Gasteiger partial charge in [-0.2, -0.15) is 5.10 Å². The average Bonchev–Trinajstić information content (AvgIpc) is 3.00. The zero-order valence-corrected chi connectivity index (χ0v) is 14.5. The summed E-state index contributed by atoms with van der Waals surface area (Å²) < 4.78 is 1.84. The molecule has 1 amide bonds. The summed E-state index contributed by atoms with van der Waals surface area (Å²) in [5.74, 6) is 1.99. The fraction of sp³-hybridized carbons (Fsp3) is 0.750. The minimum atomic E-state index is 0. The number of fused-ring (bicyclic) bond motifs is 1. The summed E-state index contributed by atoms with van der Waals surface area (Å²) in [6.07, 6.45) is 2.24. The van der Waals surface area contributed by atoms with Gasteiger partial charge in [-0.3, -0.25) is 9.48 Å². The summed E-state index contributed by atoms with van der Waals surface area (Å²) in [5.41, 5.74) is 1.72. The molecule has 0 aliphatic carbocycles. The van der Waals surface area contributed by atoms with E-state index in [-0.39, 0.29) is 18.3 Å². The van der Waals surface area contributed by atoms with Crippen molar-refractivity contribution in [3.63, 3.8) is 0 Å². The number of nitrogens with one attached hydrogen (secondary N) is 1. The summed E-state index contributed by atoms with van der Waals surface area (Å²) in [6.45, 7) is 8.24. The molecule has 1 aromatic heterocycles. The van der Waals surface area contributed by atoms with Gasteiger partial charge in [0.1, 0.15) is 0 Å². The average molecular weight is 327 g/mol. The number of likely N-dealkylation sites (tertiary alicyclic amines) is 1. The molecule has 5 nitrogen and oxygen atoms in total. The van der Waals surface area contributed by atoms with Gasteiger partial charge in [-0.05, 0) is 49.8 Å². The highest BCUT2D eigenvalue weighted by Gasteiger charge is 2.32. The van der Waals surface area contributed by atoms with E-state index in [2.05, 4.69) is 24.3 Å². The molecule has 1 aromatic rings. The van der Waals surface area contributed by atoms with Gasteiger partial charge in [0.05, 0.1) is 0 Å². The van der Waals surface area contributed by atoms with Crippen molar-refractivity contribution < 1.29 is 4.79 Å². The third kappa shape index (κ3) is 3.30. The van der Waals surface area contributed by atoms with Crippen molar-refractivity contribution in [2.24, 2.45) is 18.9 Å². The first-order chi connectivity index (χ1) is 10.1. The normalized spacial score (nSPS) is 24.8. The first kappa shape index (κ1) is 17.3. The Kier molecular flexibility index (Phi) is 5.50. The molecule has 0 aromatic carbocycles. The minimum Gasteiger partial charge on any atom is -0.337 e. The van der Waals surface area contributed by atoms with Gasteiger partial charge in [0.25, 0.3) is 5.91 Å². The Labute approximate surface area is 138 Å². The predicted molar refractivity (Wildman–Crippen MR) is 89.5 cm³/mol. The molecule has 3 rings (SSSR count). The maximum Gasteiger partial charge on any atom is 0.274 e. The Morgan fingerprint density at radius 3 is 2.36 bits per heavy atom. The van der Waals surface area contributed by atoms with Crippen molar-refractivity contribution in [2.45, 2.75) is 32.6 Å². The van der Waals surface area contributed by atoms with Crippen LogP contribution in [0.25, 0.3) is 0 Å². The number of carbonyl (C=O) groups is 1. The number of aromatic nitrogens is 2. The molecule has 0 radical (unpaired) electrons. The molecule has 6 heteroatoms. The molecule has 2 saturated heterocycles. The number of carbonyl (C=O) groups excluding carboxylic acids is 1. The number of hydrogen-bond acceptors (Lipinski definition) is 3. The van der Waals surface area contributed by atoms with E-state index in [9.17, 15) is 4.79 Å². The fourth-order valence-electron chi connectivity index (χ4n) is 3.71. The molecule has 124 valence electrons. The highest BCUT2D eigenvalue weighted by atomic mass is 35.5. The molecular formula is C16H27ClN4O. The van der Waals surface area contributed by atoms with E-state index in [1.54, 1.807) is 0 Å². The van der Waals surface area contributed by atoms with E-state index in [4.69, 9.17) is 0 Å². The van der Waals surface area contributed by atoms with Crippen LogP contribution >= 0.6 is 12.4 Å². The van der Waals surface area contributed by atoms with Gasteiger partial charge in [-0.1, -0.05) is 13.8 Å². The van der Waals surface area contributed by atoms with Crippen LogP contribution in [0.5, 0.6) is 0 Å². The van der Waals surface area contributed by atoms with Crippen molar-refractivity contribution in [2.75, 3.05) is 26.2 Å². The lowest BCUT2D eigenvalue weighted by Gasteiger charge is -2.19. The number of amides is 1. The summed E-state index contributed by atoms with van der Waals surface area (Å²) in [5, 5.41) is 7.89. The minimum absolute atomic E-state index is 0. The molecule has 2 aliphatic heterocycles. The predicted octanol–water partition coefficient (Wildman–Crippen LogP) is 2.04. The molecule has 1 N–H and O–H groups in total. The fourth-order valence-corrected chi connectivity index (χ4v) is 3.71. The van der Waals surface area contributed by atoms with E-state index < -0.39 is 0 Å². The summed E-state index contributed by atoms with van der Waals surface area (Å²) >= 11 is 0. The molecule has 0 spiro atoms. The number of nitrogens with zero attached hydrogens (tertiary/aromatic N) is 3. The van der Waals surface area contributed by atoms with Gasteiger partial charge in [0.2, 0.25) is 0 Å². The van der Waals surface area contributed by atoms with Gasteiger partial charge < -0.3 is 10.2 Å². The largest absolute Gasteiger partial charge is 0.337 e. The molecular weight excluding hydrogens is 300 g/mol. The highest BCUT2D eigenvalue weighted by Crippen LogP contribution is 2.27. The van der Waals surface area contributed by atoms with Crippen LogP contribution < -0.4 is 5.32 Å². The molecule has 2 fully saturated rings. The Hall–Kier alpha value is -1.07. The van der Waals surface area contributed by atoms with Gasteiger partial charge in [0, 0.05) is 25.8 Å². The van der Waals surface area contributed by atoms with Crippen LogP contribution in [0.3, 0.4) is 0 Å². The number of halogens is 1. The molecule has 2 aliphatic rings. The van der Waals surface area contributed by atoms with E-state index in [1.807, 2.05) is 22.7 Å². The van der Waals surface area contributed by atoms with Crippen molar-refractivity contribution in [3.05, 3.63) is 17.5 Å². The van der Waals surface area contributed by atoms with Gasteiger partial charge in [0.15, 0.2) is 5.69 Å². The Bertz CT molecular complexity index is 514. The van der Waals surface area contributed by atoms with Gasteiger partial charge in [-0.15, -0.1) is 12.4 Å². The van der Waals surface area contributed by atoms with Crippen LogP contribution in [0.15, 0.2) is 6.07 Å². The zero-order valence-electron chi connectivity index (χ0n) is 13.7. The maximum absolute atomic E-state index is 12.7. The molecule has 2 atom stereocenters. The molecule has 0 unspecified atom stereocenters. The SMILES string of the molecule is CC(C)c1cc(C(=O)N2CC[C@@H]3CNC[C@@H]3CC2)nn1C.Cl. The number of rotatable bonds is 2. The van der Waals surface area contributed by atoms with Crippen molar-refractivity contribution in [1.82, 2.24) is 20.0 Å². The Balaban J connectivity index is 0.00000176. The van der Waals surface area contributed by atoms with Crippen molar-refractivity contribution in [3.8, 4) is 0 Å². The number of aryl methyl sites for hydroxylation is 1. The van der Waals surface area contributed by atoms with Crippen LogP contribution in [-0.4, -0.2) is 46.8 Å². The molecule has 0 bridgehead atoms. The Morgan fingerprint density at radius 1 is 1.27 bits per heavy atom. The first-order valence-corrected chi connectivity index (χ1v) is 8.10. The Morgan fingerprint density at radius 2 is 1.86 bits per heavy atom. The van der Waals surface area contributed by atoms with Gasteiger partial charge in [-0.25, -0.2) is 0 Å². The van der Waals surface area contributed by atoms with Crippen LogP contribution in [-0.2, 0) is 7.05 Å². The molecule has 22 heavy (non-hydrogen) atoms. The van der Waals surface area contributed by atoms with E-state index in [0.717, 1.165) is 56.6 Å². The van der Waals surface area contributed by atoms with Crippen molar-refractivity contribution >= 4 is 18.3 Å². The smallest absolute Gasteiger partial charge is 0.274 e. The van der Waals surface area contributed by atoms with E-state index >= 15 is 0 Å². The lowest BCUT2D eigenvalue weighted by molar-refractivity contribution is 0.0752. The lowest BCUT2D eigenvalue weighted by Crippen LogP contribution is -2.33. The summed E-state index contributed by atoms with van der Waals surface area (Å²) in [6, 6.07) is 1.96. The second-order valence-corrected chi connectivity index (χ2v) is 6.78. The van der Waals surface area contributed by atoms with Crippen LogP contribution in [0.1, 0.15) is 48.8 Å². The van der Waals surface area contributed by atoms with E-state index in [0.29, 0.717) is 11.6 Å². The van der Waals surface area contributed by atoms with Crippen LogP contribution in [0.2, 0.25) is 0 Å². The lowest BCUT2D eigenvalue weighted by atomic mass is 9.92. The van der Waals surface area contributed by atoms with Crippen LogP contribution in [0.4, 0.5) is 0 Å². The first-order valence-electron chi connectivity index (χ1n) is 8.10. The standard InChI is InChI=1S/C16H26N4O.ClH/c1-11(2)15-8-14(18-19(15)3)16(21)20-6-4-12-9-17-10-13(12)5-7-20;/h8,11-13,17H,4-7,9-10H2,1-3H3;1H/t12-,13+;. The van der Waals surface area contributed by atoms with Crippen LogP contribution in [0, 0.1) is 11.8 Å². The monoisotopic (exact) mass is 326 g/mol.